The molecule has 1 fully saturated rings. The van der Waals surface area contributed by atoms with Gasteiger partial charge in [0.15, 0.2) is 0 Å². The molecule has 1 aliphatic carbocycles. The molecule has 0 aromatic carbocycles. The number of aliphatic carboxylic acids is 1. The zero-order chi connectivity index (χ0) is 17.1. The molecule has 1 amide bonds. The van der Waals surface area contributed by atoms with Crippen molar-refractivity contribution in [2.24, 2.45) is 11.8 Å². The first kappa shape index (κ1) is 18.8. The van der Waals surface area contributed by atoms with Crippen LogP contribution in [0.4, 0.5) is 4.79 Å². The number of likely N-dealkylation sites (N-methyl/N-ethyl adjacent to an activating group) is 1. The first-order valence-electron chi connectivity index (χ1n) is 8.27. The normalized spacial score (nSPS) is 25.9. The fourth-order valence-electron chi connectivity index (χ4n) is 3.34. The molecule has 1 N–H and O–H groups in total. The second-order valence-electron chi connectivity index (χ2n) is 7.66. The van der Waals surface area contributed by atoms with Gasteiger partial charge in [0, 0.05) is 6.54 Å². The lowest BCUT2D eigenvalue weighted by Crippen LogP contribution is -2.60. The van der Waals surface area contributed by atoms with E-state index in [1.54, 1.807) is 20.8 Å². The smallest absolute Gasteiger partial charge is 0.411 e. The summed E-state index contributed by atoms with van der Waals surface area (Å²) in [6, 6.07) is 0. The number of amides is 1. The van der Waals surface area contributed by atoms with Gasteiger partial charge in [0.2, 0.25) is 0 Å². The molecule has 0 aromatic heterocycles. The van der Waals surface area contributed by atoms with Crippen molar-refractivity contribution >= 4 is 12.1 Å². The van der Waals surface area contributed by atoms with Crippen molar-refractivity contribution in [3.63, 3.8) is 0 Å². The summed E-state index contributed by atoms with van der Waals surface area (Å²) < 4.78 is 5.44. The van der Waals surface area contributed by atoms with Crippen LogP contribution in [0.25, 0.3) is 0 Å². The number of ether oxygens (including phenoxy) is 1. The van der Waals surface area contributed by atoms with Gasteiger partial charge in [-0.25, -0.2) is 9.59 Å². The van der Waals surface area contributed by atoms with E-state index < -0.39 is 23.2 Å². The highest BCUT2D eigenvalue weighted by Gasteiger charge is 2.50. The predicted octanol–water partition coefficient (Wildman–Crippen LogP) is 3.91. The molecule has 0 saturated heterocycles. The van der Waals surface area contributed by atoms with E-state index in [-0.39, 0.29) is 0 Å². The highest BCUT2D eigenvalue weighted by Crippen LogP contribution is 2.40. The molecule has 1 saturated carbocycles. The second kappa shape index (κ2) is 6.88. The van der Waals surface area contributed by atoms with Crippen molar-refractivity contribution in [2.45, 2.75) is 78.4 Å². The topological polar surface area (TPSA) is 66.8 Å². The third-order valence-electron chi connectivity index (χ3n) is 4.55. The average molecular weight is 313 g/mol. The van der Waals surface area contributed by atoms with Crippen LogP contribution >= 0.6 is 0 Å². The third kappa shape index (κ3) is 4.14. The molecule has 2 atom stereocenters. The van der Waals surface area contributed by atoms with E-state index in [1.807, 2.05) is 6.92 Å². The molecule has 22 heavy (non-hydrogen) atoms. The van der Waals surface area contributed by atoms with E-state index in [0.29, 0.717) is 31.2 Å². The molecule has 5 nitrogen and oxygen atoms in total. The molecule has 128 valence electrons. The van der Waals surface area contributed by atoms with Crippen LogP contribution < -0.4 is 0 Å². The number of carbonyl (C=O) groups excluding carboxylic acids is 1. The van der Waals surface area contributed by atoms with Gasteiger partial charge in [-0.3, -0.25) is 4.90 Å². The van der Waals surface area contributed by atoms with Gasteiger partial charge < -0.3 is 9.84 Å². The number of nitrogens with zero attached hydrogens (tertiary/aromatic N) is 1. The van der Waals surface area contributed by atoms with Crippen molar-refractivity contribution in [1.82, 2.24) is 4.90 Å². The van der Waals surface area contributed by atoms with Crippen LogP contribution in [-0.2, 0) is 9.53 Å². The van der Waals surface area contributed by atoms with Crippen LogP contribution in [0.15, 0.2) is 0 Å². The number of carboxylic acid groups (broad SMARTS) is 1. The van der Waals surface area contributed by atoms with Gasteiger partial charge in [0.25, 0.3) is 0 Å². The summed E-state index contributed by atoms with van der Waals surface area (Å²) in [5.74, 6) is -0.178. The minimum Gasteiger partial charge on any atom is -0.479 e. The molecular weight excluding hydrogens is 282 g/mol. The van der Waals surface area contributed by atoms with Gasteiger partial charge >= 0.3 is 12.1 Å². The summed E-state index contributed by atoms with van der Waals surface area (Å²) in [5.41, 5.74) is -1.76. The molecule has 0 heterocycles. The van der Waals surface area contributed by atoms with Gasteiger partial charge in [-0.15, -0.1) is 0 Å². The minimum atomic E-state index is -1.13. The maximum atomic E-state index is 12.5. The second-order valence-corrected chi connectivity index (χ2v) is 7.66. The Bertz CT molecular complexity index is 413. The molecule has 1 aliphatic rings. The quantitative estimate of drug-likeness (QED) is 0.854. The monoisotopic (exact) mass is 313 g/mol. The zero-order valence-electron chi connectivity index (χ0n) is 14.8. The molecule has 0 radical (unpaired) electrons. The van der Waals surface area contributed by atoms with Crippen LogP contribution in [0.3, 0.4) is 0 Å². The molecule has 1 rings (SSSR count). The number of hydrogen-bond acceptors (Lipinski definition) is 3. The van der Waals surface area contributed by atoms with Crippen LogP contribution in [0.1, 0.15) is 67.2 Å². The number of hydrogen-bond donors (Lipinski definition) is 1. The van der Waals surface area contributed by atoms with Crippen LogP contribution in [0, 0.1) is 11.8 Å². The van der Waals surface area contributed by atoms with Crippen molar-refractivity contribution in [3.8, 4) is 0 Å². The lowest BCUT2D eigenvalue weighted by atomic mass is 9.71. The maximum absolute atomic E-state index is 12.5. The Morgan fingerprint density at radius 3 is 2.36 bits per heavy atom. The van der Waals surface area contributed by atoms with E-state index in [1.165, 1.54) is 4.90 Å². The van der Waals surface area contributed by atoms with E-state index in [2.05, 4.69) is 13.8 Å². The summed E-state index contributed by atoms with van der Waals surface area (Å²) in [5, 5.41) is 9.89. The maximum Gasteiger partial charge on any atom is 0.411 e. The number of carboxylic acids is 1. The molecule has 0 aromatic rings. The summed E-state index contributed by atoms with van der Waals surface area (Å²) in [4.78, 5) is 26.0. The lowest BCUT2D eigenvalue weighted by Gasteiger charge is -2.46. The summed E-state index contributed by atoms with van der Waals surface area (Å²) in [7, 11) is 0. The lowest BCUT2D eigenvalue weighted by molar-refractivity contribution is -0.155. The van der Waals surface area contributed by atoms with E-state index >= 15 is 0 Å². The summed E-state index contributed by atoms with van der Waals surface area (Å²) >= 11 is 0. The van der Waals surface area contributed by atoms with Gasteiger partial charge in [-0.05, 0) is 58.8 Å². The standard InChI is InChI=1S/C17H31NO4/c1-7-18(15(21)22-16(4,5)6)17(14(19)20)10-8-9-13(11-17)12(2)3/h12-13H,7-11H2,1-6H3,(H,19,20). The van der Waals surface area contributed by atoms with Crippen molar-refractivity contribution in [1.29, 1.82) is 0 Å². The first-order valence-corrected chi connectivity index (χ1v) is 8.27. The van der Waals surface area contributed by atoms with Crippen LogP contribution in [-0.4, -0.2) is 39.8 Å². The summed E-state index contributed by atoms with van der Waals surface area (Å²) in [6.07, 6.45) is 2.33. The first-order chi connectivity index (χ1) is 10.0. The molecule has 0 aliphatic heterocycles. The van der Waals surface area contributed by atoms with Crippen molar-refractivity contribution in [2.75, 3.05) is 6.54 Å². The molecular formula is C17H31NO4. The fourth-order valence-corrected chi connectivity index (χ4v) is 3.34. The fraction of sp³-hybridized carbons (Fsp3) is 0.882. The largest absolute Gasteiger partial charge is 0.479 e. The van der Waals surface area contributed by atoms with Gasteiger partial charge in [-0.1, -0.05) is 20.3 Å². The molecule has 5 heteroatoms. The van der Waals surface area contributed by atoms with Crippen molar-refractivity contribution in [3.05, 3.63) is 0 Å². The van der Waals surface area contributed by atoms with Crippen molar-refractivity contribution < 1.29 is 19.4 Å². The molecule has 2 unspecified atom stereocenters. The Morgan fingerprint density at radius 1 is 1.36 bits per heavy atom. The van der Waals surface area contributed by atoms with E-state index in [4.69, 9.17) is 4.74 Å². The van der Waals surface area contributed by atoms with E-state index in [9.17, 15) is 14.7 Å². The Balaban J connectivity index is 3.10. The minimum absolute atomic E-state index is 0.321. The number of carbonyl (C=O) groups is 2. The molecule has 0 bridgehead atoms. The SMILES string of the molecule is CCN(C(=O)OC(C)(C)C)C1(C(=O)O)CCCC(C(C)C)C1. The third-order valence-corrected chi connectivity index (χ3v) is 4.55. The Labute approximate surface area is 134 Å². The molecule has 0 spiro atoms. The zero-order valence-corrected chi connectivity index (χ0v) is 14.8. The average Bonchev–Trinajstić information content (AvgIpc) is 2.37. The summed E-state index contributed by atoms with van der Waals surface area (Å²) in [6.45, 7) is 11.8. The Morgan fingerprint density at radius 2 is 1.95 bits per heavy atom. The Kier molecular flexibility index (Phi) is 5.88. The number of rotatable bonds is 4. The Hall–Kier alpha value is -1.26. The van der Waals surface area contributed by atoms with Crippen LogP contribution in [0.5, 0.6) is 0 Å². The van der Waals surface area contributed by atoms with E-state index in [0.717, 1.165) is 12.8 Å². The van der Waals surface area contributed by atoms with Gasteiger partial charge in [0.1, 0.15) is 11.1 Å². The van der Waals surface area contributed by atoms with Gasteiger partial charge in [-0.2, -0.15) is 0 Å². The highest BCUT2D eigenvalue weighted by molar-refractivity contribution is 5.84. The predicted molar refractivity (Wildman–Crippen MR) is 85.8 cm³/mol. The highest BCUT2D eigenvalue weighted by atomic mass is 16.6. The van der Waals surface area contributed by atoms with Gasteiger partial charge in [0.05, 0.1) is 0 Å². The van der Waals surface area contributed by atoms with Crippen LogP contribution in [0.2, 0.25) is 0 Å².